The van der Waals surface area contributed by atoms with Crippen molar-refractivity contribution < 1.29 is 14.4 Å². The van der Waals surface area contributed by atoms with Crippen LogP contribution in [0.1, 0.15) is 71.2 Å². The first-order chi connectivity index (χ1) is 16.1. The highest BCUT2D eigenvalue weighted by molar-refractivity contribution is 6.23. The maximum atomic E-state index is 13.3. The molecule has 0 radical (unpaired) electrons. The highest BCUT2D eigenvalue weighted by Gasteiger charge is 2.39. The van der Waals surface area contributed by atoms with Gasteiger partial charge in [-0.1, -0.05) is 25.3 Å². The Morgan fingerprint density at radius 2 is 1.76 bits per heavy atom. The SMILES string of the molecule is O=C(NC1CCCCC1)[C@H]1CCCN(c2cccc3c2C(=O)N(Cc2ccncc2)C3=O)C1. The van der Waals surface area contributed by atoms with Gasteiger partial charge in [-0.25, -0.2) is 0 Å². The first-order valence-electron chi connectivity index (χ1n) is 12.1. The van der Waals surface area contributed by atoms with Crippen LogP contribution in [0.3, 0.4) is 0 Å². The molecule has 1 atom stereocenters. The molecule has 7 heteroatoms. The Morgan fingerprint density at radius 3 is 2.55 bits per heavy atom. The van der Waals surface area contributed by atoms with Crippen LogP contribution >= 0.6 is 0 Å². The molecule has 3 amide bonds. The van der Waals surface area contributed by atoms with Crippen molar-refractivity contribution in [1.29, 1.82) is 0 Å². The molecule has 0 unspecified atom stereocenters. The van der Waals surface area contributed by atoms with Gasteiger partial charge in [-0.05, 0) is 55.5 Å². The molecule has 0 bridgehead atoms. The van der Waals surface area contributed by atoms with Crippen LogP contribution in [0.4, 0.5) is 5.69 Å². The van der Waals surface area contributed by atoms with E-state index >= 15 is 0 Å². The number of amides is 3. The molecule has 172 valence electrons. The Kier molecular flexibility index (Phi) is 6.11. The third-order valence-corrected chi connectivity index (χ3v) is 7.15. The fourth-order valence-corrected chi connectivity index (χ4v) is 5.37. The van der Waals surface area contributed by atoms with Crippen molar-refractivity contribution in [2.24, 2.45) is 5.92 Å². The molecule has 1 aromatic heterocycles. The maximum absolute atomic E-state index is 13.3. The number of pyridine rings is 1. The van der Waals surface area contributed by atoms with Gasteiger partial charge in [0.05, 0.1) is 29.3 Å². The van der Waals surface area contributed by atoms with Crippen LogP contribution in [0.2, 0.25) is 0 Å². The van der Waals surface area contributed by atoms with Gasteiger partial charge >= 0.3 is 0 Å². The Hall–Kier alpha value is -3.22. The summed E-state index contributed by atoms with van der Waals surface area (Å²) in [5.74, 6) is -0.508. The van der Waals surface area contributed by atoms with Crippen LogP contribution in [0, 0.1) is 5.92 Å². The van der Waals surface area contributed by atoms with Crippen LogP contribution in [-0.4, -0.2) is 46.7 Å². The molecule has 1 N–H and O–H groups in total. The Bertz CT molecular complexity index is 1050. The predicted molar refractivity (Wildman–Crippen MR) is 125 cm³/mol. The van der Waals surface area contributed by atoms with Gasteiger partial charge in [-0.15, -0.1) is 0 Å². The fourth-order valence-electron chi connectivity index (χ4n) is 5.37. The molecule has 3 aliphatic rings. The molecule has 2 fully saturated rings. The van der Waals surface area contributed by atoms with Gasteiger partial charge < -0.3 is 10.2 Å². The standard InChI is InChI=1S/C26H30N4O3/c31-24(28-20-7-2-1-3-8-20)19-6-5-15-29(17-19)22-10-4-9-21-23(22)26(33)30(25(21)32)16-18-11-13-27-14-12-18/h4,9-14,19-20H,1-3,5-8,15-17H2,(H,28,31)/t19-/m0/s1. The molecule has 1 saturated carbocycles. The summed E-state index contributed by atoms with van der Waals surface area (Å²) >= 11 is 0. The van der Waals surface area contributed by atoms with E-state index in [0.717, 1.165) is 43.5 Å². The van der Waals surface area contributed by atoms with Crippen LogP contribution in [0.25, 0.3) is 0 Å². The van der Waals surface area contributed by atoms with Crippen LogP contribution in [0.5, 0.6) is 0 Å². The number of piperidine rings is 1. The van der Waals surface area contributed by atoms with Crippen molar-refractivity contribution in [3.63, 3.8) is 0 Å². The monoisotopic (exact) mass is 446 g/mol. The molecule has 2 aliphatic heterocycles. The summed E-state index contributed by atoms with van der Waals surface area (Å²) in [4.78, 5) is 46.8. The van der Waals surface area contributed by atoms with E-state index < -0.39 is 0 Å². The summed E-state index contributed by atoms with van der Waals surface area (Å²) in [7, 11) is 0. The summed E-state index contributed by atoms with van der Waals surface area (Å²) < 4.78 is 0. The lowest BCUT2D eigenvalue weighted by Gasteiger charge is -2.35. The minimum Gasteiger partial charge on any atom is -0.370 e. The minimum atomic E-state index is -0.267. The van der Waals surface area contributed by atoms with Crippen LogP contribution in [-0.2, 0) is 11.3 Å². The van der Waals surface area contributed by atoms with Crippen molar-refractivity contribution in [2.45, 2.75) is 57.5 Å². The lowest BCUT2D eigenvalue weighted by Crippen LogP contribution is -2.46. The molecule has 3 heterocycles. The Morgan fingerprint density at radius 1 is 0.970 bits per heavy atom. The van der Waals surface area contributed by atoms with E-state index in [1.165, 1.54) is 24.2 Å². The van der Waals surface area contributed by atoms with Crippen molar-refractivity contribution in [3.05, 3.63) is 59.4 Å². The van der Waals surface area contributed by atoms with Crippen molar-refractivity contribution in [2.75, 3.05) is 18.0 Å². The summed E-state index contributed by atoms with van der Waals surface area (Å²) in [6.07, 6.45) is 10.8. The number of carbonyl (C=O) groups excluding carboxylic acids is 3. The Labute approximate surface area is 194 Å². The lowest BCUT2D eigenvalue weighted by molar-refractivity contribution is -0.126. The first kappa shape index (κ1) is 21.6. The van der Waals surface area contributed by atoms with Crippen molar-refractivity contribution in [1.82, 2.24) is 15.2 Å². The molecule has 0 spiro atoms. The van der Waals surface area contributed by atoms with Crippen LogP contribution < -0.4 is 10.2 Å². The van der Waals surface area contributed by atoms with Gasteiger partial charge in [-0.3, -0.25) is 24.3 Å². The fraction of sp³-hybridized carbons (Fsp3) is 0.462. The number of fused-ring (bicyclic) bond motifs is 1. The van der Waals surface area contributed by atoms with Gasteiger partial charge in [0.25, 0.3) is 11.8 Å². The molecule has 1 aromatic carbocycles. The van der Waals surface area contributed by atoms with E-state index in [1.807, 2.05) is 24.3 Å². The first-order valence-corrected chi connectivity index (χ1v) is 12.1. The minimum absolute atomic E-state index is 0.100. The van der Waals surface area contributed by atoms with Gasteiger partial charge in [0.15, 0.2) is 0 Å². The summed E-state index contributed by atoms with van der Waals surface area (Å²) in [6, 6.07) is 9.38. The Balaban J connectivity index is 1.33. The van der Waals surface area contributed by atoms with E-state index in [9.17, 15) is 14.4 Å². The number of rotatable bonds is 5. The van der Waals surface area contributed by atoms with E-state index in [1.54, 1.807) is 18.5 Å². The highest BCUT2D eigenvalue weighted by atomic mass is 16.2. The highest BCUT2D eigenvalue weighted by Crippen LogP contribution is 2.34. The zero-order valence-corrected chi connectivity index (χ0v) is 18.8. The number of nitrogens with zero attached hydrogens (tertiary/aromatic N) is 3. The van der Waals surface area contributed by atoms with E-state index in [0.29, 0.717) is 23.7 Å². The topological polar surface area (TPSA) is 82.6 Å². The molecule has 5 rings (SSSR count). The maximum Gasteiger partial charge on any atom is 0.263 e. The molecule has 7 nitrogen and oxygen atoms in total. The third kappa shape index (κ3) is 4.36. The molecule has 2 aromatic rings. The smallest absolute Gasteiger partial charge is 0.263 e. The van der Waals surface area contributed by atoms with Gasteiger partial charge in [0.1, 0.15) is 0 Å². The second-order valence-corrected chi connectivity index (χ2v) is 9.38. The predicted octanol–water partition coefficient (Wildman–Crippen LogP) is 3.54. The third-order valence-electron chi connectivity index (χ3n) is 7.15. The average molecular weight is 447 g/mol. The number of nitrogens with one attached hydrogen (secondary N) is 1. The number of anilines is 1. The van der Waals surface area contributed by atoms with Crippen LogP contribution in [0.15, 0.2) is 42.7 Å². The van der Waals surface area contributed by atoms with Gasteiger partial charge in [0, 0.05) is 31.5 Å². The normalized spacial score (nSPS) is 21.3. The van der Waals surface area contributed by atoms with Crippen molar-refractivity contribution >= 4 is 23.4 Å². The largest absolute Gasteiger partial charge is 0.370 e. The zero-order chi connectivity index (χ0) is 22.8. The molecular weight excluding hydrogens is 416 g/mol. The summed E-state index contributed by atoms with van der Waals surface area (Å²) in [6.45, 7) is 1.57. The number of benzene rings is 1. The van der Waals surface area contributed by atoms with E-state index in [-0.39, 0.29) is 30.2 Å². The quantitative estimate of drug-likeness (QED) is 0.711. The number of aromatic nitrogens is 1. The second-order valence-electron chi connectivity index (χ2n) is 9.38. The molecule has 33 heavy (non-hydrogen) atoms. The lowest BCUT2D eigenvalue weighted by atomic mass is 9.92. The van der Waals surface area contributed by atoms with Gasteiger partial charge in [-0.2, -0.15) is 0 Å². The molecular formula is C26H30N4O3. The average Bonchev–Trinajstić information content (AvgIpc) is 3.10. The second kappa shape index (κ2) is 9.33. The summed E-state index contributed by atoms with van der Waals surface area (Å²) in [5, 5.41) is 3.26. The summed E-state index contributed by atoms with van der Waals surface area (Å²) in [5.41, 5.74) is 2.53. The van der Waals surface area contributed by atoms with Crippen molar-refractivity contribution in [3.8, 4) is 0 Å². The number of imide groups is 1. The molecule has 1 saturated heterocycles. The van der Waals surface area contributed by atoms with E-state index in [2.05, 4.69) is 15.2 Å². The van der Waals surface area contributed by atoms with Gasteiger partial charge in [0.2, 0.25) is 5.91 Å². The number of carbonyl (C=O) groups is 3. The van der Waals surface area contributed by atoms with E-state index in [4.69, 9.17) is 0 Å². The zero-order valence-electron chi connectivity index (χ0n) is 18.8. The molecule has 1 aliphatic carbocycles. The number of hydrogen-bond acceptors (Lipinski definition) is 5. The number of hydrogen-bond donors (Lipinski definition) is 1.